The standard InChI is InChI=1S/C12H18N2O2/c1-8(2)11-12(16)14(7-10(15)13-11)9-5-3-4-6-9/h3-4,8-9,11H,5-7H2,1-2H3,(H,13,15). The first-order chi connectivity index (χ1) is 7.59. The Balaban J connectivity index is 2.12. The van der Waals surface area contributed by atoms with Crippen LogP contribution in [0.25, 0.3) is 0 Å². The number of amides is 2. The van der Waals surface area contributed by atoms with Gasteiger partial charge in [0.25, 0.3) is 0 Å². The Hall–Kier alpha value is -1.32. The first kappa shape index (κ1) is 11.2. The molecule has 2 amide bonds. The lowest BCUT2D eigenvalue weighted by atomic mass is 9.99. The maximum absolute atomic E-state index is 12.2. The quantitative estimate of drug-likeness (QED) is 0.699. The van der Waals surface area contributed by atoms with Crippen molar-refractivity contribution >= 4 is 11.8 Å². The molecular formula is C12H18N2O2. The van der Waals surface area contributed by atoms with Gasteiger partial charge in [-0.2, -0.15) is 0 Å². The van der Waals surface area contributed by atoms with E-state index in [2.05, 4.69) is 17.5 Å². The molecule has 1 N–H and O–H groups in total. The van der Waals surface area contributed by atoms with E-state index < -0.39 is 0 Å². The zero-order chi connectivity index (χ0) is 11.7. The third-order valence-corrected chi connectivity index (χ3v) is 3.27. The molecule has 0 radical (unpaired) electrons. The first-order valence-corrected chi connectivity index (χ1v) is 5.84. The topological polar surface area (TPSA) is 49.4 Å². The molecule has 4 nitrogen and oxygen atoms in total. The highest BCUT2D eigenvalue weighted by atomic mass is 16.2. The molecule has 0 aromatic rings. The Kier molecular flexibility index (Phi) is 2.99. The molecule has 1 aliphatic carbocycles. The number of hydrogen-bond donors (Lipinski definition) is 1. The second-order valence-corrected chi connectivity index (χ2v) is 4.85. The van der Waals surface area contributed by atoms with Gasteiger partial charge in [-0.25, -0.2) is 0 Å². The SMILES string of the molecule is CC(C)C1NC(=O)CN(C2CC=CC2)C1=O. The van der Waals surface area contributed by atoms with E-state index in [0.29, 0.717) is 0 Å². The van der Waals surface area contributed by atoms with E-state index in [0.717, 1.165) is 12.8 Å². The number of nitrogens with one attached hydrogen (secondary N) is 1. The molecular weight excluding hydrogens is 204 g/mol. The Morgan fingerprint density at radius 2 is 1.94 bits per heavy atom. The summed E-state index contributed by atoms with van der Waals surface area (Å²) in [7, 11) is 0. The minimum Gasteiger partial charge on any atom is -0.343 e. The molecule has 0 aromatic heterocycles. The van der Waals surface area contributed by atoms with Crippen molar-refractivity contribution in [2.75, 3.05) is 6.54 Å². The van der Waals surface area contributed by atoms with Crippen LogP contribution in [0, 0.1) is 5.92 Å². The van der Waals surface area contributed by atoms with E-state index in [1.807, 2.05) is 13.8 Å². The summed E-state index contributed by atoms with van der Waals surface area (Å²) < 4.78 is 0. The molecule has 1 atom stereocenters. The minimum absolute atomic E-state index is 0.0369. The summed E-state index contributed by atoms with van der Waals surface area (Å²) in [6.07, 6.45) is 5.91. The fourth-order valence-electron chi connectivity index (χ4n) is 2.31. The number of rotatable bonds is 2. The molecule has 1 heterocycles. The summed E-state index contributed by atoms with van der Waals surface area (Å²) in [6.45, 7) is 4.13. The smallest absolute Gasteiger partial charge is 0.246 e. The highest BCUT2D eigenvalue weighted by Crippen LogP contribution is 2.21. The molecule has 16 heavy (non-hydrogen) atoms. The Morgan fingerprint density at radius 1 is 1.31 bits per heavy atom. The van der Waals surface area contributed by atoms with Gasteiger partial charge in [-0.15, -0.1) is 0 Å². The molecule has 1 saturated heterocycles. The van der Waals surface area contributed by atoms with Crippen molar-refractivity contribution in [3.8, 4) is 0 Å². The average Bonchev–Trinajstić information content (AvgIpc) is 2.73. The molecule has 0 saturated carbocycles. The molecule has 4 heteroatoms. The predicted octanol–water partition coefficient (Wildman–Crippen LogP) is 0.688. The number of carbonyl (C=O) groups is 2. The number of hydrogen-bond acceptors (Lipinski definition) is 2. The molecule has 1 aliphatic heterocycles. The van der Waals surface area contributed by atoms with Gasteiger partial charge in [0, 0.05) is 6.04 Å². The Morgan fingerprint density at radius 3 is 2.50 bits per heavy atom. The lowest BCUT2D eigenvalue weighted by Crippen LogP contribution is -2.61. The fourth-order valence-corrected chi connectivity index (χ4v) is 2.31. The van der Waals surface area contributed by atoms with E-state index in [4.69, 9.17) is 0 Å². The fraction of sp³-hybridized carbons (Fsp3) is 0.667. The third kappa shape index (κ3) is 1.96. The average molecular weight is 222 g/mol. The number of piperazine rings is 1. The van der Waals surface area contributed by atoms with Crippen molar-refractivity contribution in [3.05, 3.63) is 12.2 Å². The molecule has 1 unspecified atom stereocenters. The van der Waals surface area contributed by atoms with Gasteiger partial charge in [0.15, 0.2) is 0 Å². The largest absolute Gasteiger partial charge is 0.343 e. The maximum Gasteiger partial charge on any atom is 0.246 e. The summed E-state index contributed by atoms with van der Waals surface area (Å²) in [5, 5.41) is 2.77. The highest BCUT2D eigenvalue weighted by Gasteiger charge is 2.37. The number of nitrogens with zero attached hydrogens (tertiary/aromatic N) is 1. The zero-order valence-corrected chi connectivity index (χ0v) is 9.77. The molecule has 2 rings (SSSR count). The molecule has 88 valence electrons. The third-order valence-electron chi connectivity index (χ3n) is 3.27. The molecule has 0 spiro atoms. The van der Waals surface area contributed by atoms with Crippen molar-refractivity contribution in [2.45, 2.75) is 38.8 Å². The Labute approximate surface area is 95.7 Å². The summed E-state index contributed by atoms with van der Waals surface area (Å²) in [5.41, 5.74) is 0. The van der Waals surface area contributed by atoms with Gasteiger partial charge in [-0.05, 0) is 18.8 Å². The summed E-state index contributed by atoms with van der Waals surface area (Å²) in [6, 6.07) is -0.151. The van der Waals surface area contributed by atoms with Crippen LogP contribution in [-0.4, -0.2) is 35.3 Å². The predicted molar refractivity (Wildman–Crippen MR) is 60.6 cm³/mol. The summed E-state index contributed by atoms with van der Waals surface area (Å²) in [5.74, 6) is 0.183. The van der Waals surface area contributed by atoms with Crippen molar-refractivity contribution in [2.24, 2.45) is 5.92 Å². The van der Waals surface area contributed by atoms with Crippen LogP contribution in [0.1, 0.15) is 26.7 Å². The van der Waals surface area contributed by atoms with Crippen molar-refractivity contribution in [1.82, 2.24) is 10.2 Å². The molecule has 0 aromatic carbocycles. The van der Waals surface area contributed by atoms with Gasteiger partial charge >= 0.3 is 0 Å². The normalized spacial score (nSPS) is 26.7. The van der Waals surface area contributed by atoms with Crippen LogP contribution in [0.4, 0.5) is 0 Å². The summed E-state index contributed by atoms with van der Waals surface area (Å²) >= 11 is 0. The van der Waals surface area contributed by atoms with Crippen LogP contribution in [-0.2, 0) is 9.59 Å². The van der Waals surface area contributed by atoms with Crippen LogP contribution in [0.5, 0.6) is 0 Å². The zero-order valence-electron chi connectivity index (χ0n) is 9.77. The van der Waals surface area contributed by atoms with Crippen LogP contribution in [0.3, 0.4) is 0 Å². The second-order valence-electron chi connectivity index (χ2n) is 4.85. The van der Waals surface area contributed by atoms with E-state index >= 15 is 0 Å². The van der Waals surface area contributed by atoms with Gasteiger partial charge in [-0.3, -0.25) is 9.59 Å². The van der Waals surface area contributed by atoms with Crippen LogP contribution < -0.4 is 5.32 Å². The van der Waals surface area contributed by atoms with Crippen LogP contribution in [0.2, 0.25) is 0 Å². The first-order valence-electron chi connectivity index (χ1n) is 5.84. The van der Waals surface area contributed by atoms with Gasteiger partial charge in [0.05, 0.1) is 6.54 Å². The monoisotopic (exact) mass is 222 g/mol. The van der Waals surface area contributed by atoms with Gasteiger partial charge in [0.1, 0.15) is 6.04 Å². The Bertz CT molecular complexity index is 328. The van der Waals surface area contributed by atoms with E-state index in [9.17, 15) is 9.59 Å². The van der Waals surface area contributed by atoms with Crippen LogP contribution >= 0.6 is 0 Å². The number of carbonyl (C=O) groups excluding carboxylic acids is 2. The van der Waals surface area contributed by atoms with Gasteiger partial charge in [0.2, 0.25) is 11.8 Å². The van der Waals surface area contributed by atoms with Crippen molar-refractivity contribution in [1.29, 1.82) is 0 Å². The lowest BCUT2D eigenvalue weighted by molar-refractivity contribution is -0.147. The van der Waals surface area contributed by atoms with Crippen LogP contribution in [0.15, 0.2) is 12.2 Å². The maximum atomic E-state index is 12.2. The van der Waals surface area contributed by atoms with Crippen molar-refractivity contribution < 1.29 is 9.59 Å². The van der Waals surface area contributed by atoms with Gasteiger partial charge in [-0.1, -0.05) is 26.0 Å². The van der Waals surface area contributed by atoms with Gasteiger partial charge < -0.3 is 10.2 Å². The molecule has 2 aliphatic rings. The molecule has 0 bridgehead atoms. The second kappa shape index (κ2) is 4.28. The van der Waals surface area contributed by atoms with E-state index in [1.165, 1.54) is 0 Å². The lowest BCUT2D eigenvalue weighted by Gasteiger charge is -2.37. The van der Waals surface area contributed by atoms with Crippen molar-refractivity contribution in [3.63, 3.8) is 0 Å². The minimum atomic E-state index is -0.346. The van der Waals surface area contributed by atoms with E-state index in [-0.39, 0.29) is 36.4 Å². The molecule has 1 fully saturated rings. The van der Waals surface area contributed by atoms with E-state index in [1.54, 1.807) is 4.90 Å². The highest BCUT2D eigenvalue weighted by molar-refractivity contribution is 5.95. The summed E-state index contributed by atoms with van der Waals surface area (Å²) in [4.78, 5) is 25.5.